The molecule has 0 saturated heterocycles. The van der Waals surface area contributed by atoms with E-state index >= 15 is 0 Å². The molecule has 1 aromatic heterocycles. The summed E-state index contributed by atoms with van der Waals surface area (Å²) in [6, 6.07) is 7.48. The lowest BCUT2D eigenvalue weighted by molar-refractivity contribution is 0.817. The highest BCUT2D eigenvalue weighted by atomic mass is 35.5. The van der Waals surface area contributed by atoms with Crippen molar-refractivity contribution in [2.75, 3.05) is 0 Å². The minimum Gasteiger partial charge on any atom is -0.324 e. The Morgan fingerprint density at radius 3 is 2.88 bits per heavy atom. The van der Waals surface area contributed by atoms with Crippen LogP contribution in [0.2, 0.25) is 5.02 Å². The van der Waals surface area contributed by atoms with Crippen molar-refractivity contribution in [2.45, 2.75) is 13.0 Å². The Balaban J connectivity index is 2.51. The number of halogens is 1. The molecule has 0 saturated carbocycles. The molecular weight excluding hydrogens is 236 g/mol. The van der Waals surface area contributed by atoms with E-state index in [-0.39, 0.29) is 6.04 Å². The van der Waals surface area contributed by atoms with Crippen LogP contribution < -0.4 is 5.73 Å². The third-order valence-corrected chi connectivity index (χ3v) is 2.80. The Morgan fingerprint density at radius 2 is 2.29 bits per heavy atom. The predicted octanol–water partition coefficient (Wildman–Crippen LogP) is 2.42. The Hall–Kier alpha value is -1.83. The molecule has 0 aliphatic carbocycles. The standard InChI is InChI=1S/C12H11ClN4/c1-8(15)9-2-3-11(10(13)6-9)17-5-4-16-12(17)7-14/h2-6,8H,15H2,1H3/t8-/m0/s1. The second kappa shape index (κ2) is 4.58. The molecule has 0 radical (unpaired) electrons. The average molecular weight is 247 g/mol. The highest BCUT2D eigenvalue weighted by Crippen LogP contribution is 2.24. The minimum absolute atomic E-state index is 0.0697. The van der Waals surface area contributed by atoms with Gasteiger partial charge in [0.15, 0.2) is 0 Å². The largest absolute Gasteiger partial charge is 0.324 e. The monoisotopic (exact) mass is 246 g/mol. The fourth-order valence-corrected chi connectivity index (χ4v) is 1.86. The van der Waals surface area contributed by atoms with E-state index in [1.807, 2.05) is 31.2 Å². The summed E-state index contributed by atoms with van der Waals surface area (Å²) in [5.41, 5.74) is 7.46. The van der Waals surface area contributed by atoms with Gasteiger partial charge in [-0.05, 0) is 24.6 Å². The van der Waals surface area contributed by atoms with Gasteiger partial charge in [-0.2, -0.15) is 5.26 Å². The first kappa shape index (κ1) is 11.6. The summed E-state index contributed by atoms with van der Waals surface area (Å²) in [5.74, 6) is 0.306. The molecule has 0 amide bonds. The number of imidazole rings is 1. The second-order valence-electron chi connectivity index (χ2n) is 3.73. The van der Waals surface area contributed by atoms with Gasteiger partial charge in [-0.3, -0.25) is 4.57 Å². The van der Waals surface area contributed by atoms with E-state index in [0.29, 0.717) is 10.8 Å². The summed E-state index contributed by atoms with van der Waals surface area (Å²) in [6.45, 7) is 1.89. The van der Waals surface area contributed by atoms with Crippen LogP contribution in [0, 0.1) is 11.3 Å². The van der Waals surface area contributed by atoms with Crippen molar-refractivity contribution in [1.82, 2.24) is 9.55 Å². The van der Waals surface area contributed by atoms with Gasteiger partial charge in [0.25, 0.3) is 0 Å². The van der Waals surface area contributed by atoms with Crippen LogP contribution in [0.3, 0.4) is 0 Å². The Morgan fingerprint density at radius 1 is 1.53 bits per heavy atom. The molecule has 0 unspecified atom stereocenters. The van der Waals surface area contributed by atoms with Crippen LogP contribution in [0.5, 0.6) is 0 Å². The SMILES string of the molecule is C[C@H](N)c1ccc(-n2ccnc2C#N)c(Cl)c1. The number of hydrogen-bond donors (Lipinski definition) is 1. The molecule has 1 atom stereocenters. The van der Waals surface area contributed by atoms with Crippen molar-refractivity contribution in [2.24, 2.45) is 5.73 Å². The van der Waals surface area contributed by atoms with Crippen molar-refractivity contribution in [3.05, 3.63) is 47.0 Å². The van der Waals surface area contributed by atoms with Gasteiger partial charge >= 0.3 is 0 Å². The van der Waals surface area contributed by atoms with Crippen LogP contribution in [0.1, 0.15) is 24.4 Å². The molecule has 0 bridgehead atoms. The normalized spacial score (nSPS) is 12.1. The molecule has 17 heavy (non-hydrogen) atoms. The maximum absolute atomic E-state index is 8.91. The molecule has 0 aliphatic rings. The molecule has 0 spiro atoms. The Kier molecular flexibility index (Phi) is 3.14. The Bertz CT molecular complexity index is 580. The van der Waals surface area contributed by atoms with Crippen LogP contribution in [-0.4, -0.2) is 9.55 Å². The number of nitrogens with zero attached hydrogens (tertiary/aromatic N) is 3. The summed E-state index contributed by atoms with van der Waals surface area (Å²) in [4.78, 5) is 3.93. The van der Waals surface area contributed by atoms with Gasteiger partial charge in [0.1, 0.15) is 6.07 Å². The predicted molar refractivity (Wildman–Crippen MR) is 65.9 cm³/mol. The van der Waals surface area contributed by atoms with E-state index in [1.54, 1.807) is 17.0 Å². The third-order valence-electron chi connectivity index (χ3n) is 2.50. The van der Waals surface area contributed by atoms with Gasteiger partial charge < -0.3 is 5.73 Å². The molecule has 2 aromatic rings. The van der Waals surface area contributed by atoms with Crippen molar-refractivity contribution in [1.29, 1.82) is 5.26 Å². The first-order valence-corrected chi connectivity index (χ1v) is 5.50. The van der Waals surface area contributed by atoms with E-state index in [0.717, 1.165) is 11.3 Å². The van der Waals surface area contributed by atoms with Crippen LogP contribution >= 0.6 is 11.6 Å². The van der Waals surface area contributed by atoms with E-state index in [2.05, 4.69) is 4.98 Å². The fraction of sp³-hybridized carbons (Fsp3) is 0.167. The number of hydrogen-bond acceptors (Lipinski definition) is 3. The van der Waals surface area contributed by atoms with Gasteiger partial charge in [-0.15, -0.1) is 0 Å². The summed E-state index contributed by atoms with van der Waals surface area (Å²) < 4.78 is 1.65. The maximum Gasteiger partial charge on any atom is 0.217 e. The van der Waals surface area contributed by atoms with Crippen molar-refractivity contribution < 1.29 is 0 Å². The summed E-state index contributed by atoms with van der Waals surface area (Å²) in [6.07, 6.45) is 3.26. The van der Waals surface area contributed by atoms with E-state index in [9.17, 15) is 0 Å². The molecule has 0 fully saturated rings. The van der Waals surface area contributed by atoms with Crippen LogP contribution in [0.15, 0.2) is 30.6 Å². The molecule has 2 rings (SSSR count). The van der Waals surface area contributed by atoms with E-state index in [4.69, 9.17) is 22.6 Å². The first-order chi connectivity index (χ1) is 8.13. The lowest BCUT2D eigenvalue weighted by Gasteiger charge is -2.10. The number of rotatable bonds is 2. The van der Waals surface area contributed by atoms with Crippen LogP contribution in [0.25, 0.3) is 5.69 Å². The number of nitrogens with two attached hydrogens (primary N) is 1. The Labute approximate surface area is 104 Å². The summed E-state index contributed by atoms with van der Waals surface area (Å²) in [7, 11) is 0. The van der Waals surface area contributed by atoms with E-state index in [1.165, 1.54) is 0 Å². The van der Waals surface area contributed by atoms with Gasteiger partial charge in [0.05, 0.1) is 10.7 Å². The van der Waals surface area contributed by atoms with Gasteiger partial charge in [-0.25, -0.2) is 4.98 Å². The fourth-order valence-electron chi connectivity index (χ4n) is 1.58. The van der Waals surface area contributed by atoms with E-state index < -0.39 is 0 Å². The molecule has 1 aromatic carbocycles. The number of benzene rings is 1. The average Bonchev–Trinajstić information content (AvgIpc) is 2.76. The zero-order valence-electron chi connectivity index (χ0n) is 9.26. The first-order valence-electron chi connectivity index (χ1n) is 5.12. The van der Waals surface area contributed by atoms with Gasteiger partial charge in [-0.1, -0.05) is 17.7 Å². The zero-order valence-corrected chi connectivity index (χ0v) is 10.0. The van der Waals surface area contributed by atoms with Crippen LogP contribution in [-0.2, 0) is 0 Å². The van der Waals surface area contributed by atoms with Crippen molar-refractivity contribution in [3.63, 3.8) is 0 Å². The highest BCUT2D eigenvalue weighted by Gasteiger charge is 2.09. The quantitative estimate of drug-likeness (QED) is 0.885. The van der Waals surface area contributed by atoms with Crippen molar-refractivity contribution in [3.8, 4) is 11.8 Å². The molecule has 5 heteroatoms. The summed E-state index contributed by atoms with van der Waals surface area (Å²) >= 11 is 6.18. The lowest BCUT2D eigenvalue weighted by atomic mass is 10.1. The van der Waals surface area contributed by atoms with Crippen molar-refractivity contribution >= 4 is 11.6 Å². The molecule has 0 aliphatic heterocycles. The zero-order chi connectivity index (χ0) is 12.4. The smallest absolute Gasteiger partial charge is 0.217 e. The lowest BCUT2D eigenvalue weighted by Crippen LogP contribution is -2.05. The van der Waals surface area contributed by atoms with Gasteiger partial charge in [0.2, 0.25) is 5.82 Å². The molecule has 86 valence electrons. The van der Waals surface area contributed by atoms with Gasteiger partial charge in [0, 0.05) is 18.4 Å². The number of nitriles is 1. The topological polar surface area (TPSA) is 67.6 Å². The molecule has 2 N–H and O–H groups in total. The van der Waals surface area contributed by atoms with Crippen LogP contribution in [0.4, 0.5) is 0 Å². The maximum atomic E-state index is 8.91. The summed E-state index contributed by atoms with van der Waals surface area (Å²) in [5, 5.41) is 9.46. The minimum atomic E-state index is -0.0697. The molecule has 1 heterocycles. The number of aromatic nitrogens is 2. The third kappa shape index (κ3) is 2.16. The highest BCUT2D eigenvalue weighted by molar-refractivity contribution is 6.32. The molecule has 4 nitrogen and oxygen atoms in total. The molecular formula is C12H11ClN4. The second-order valence-corrected chi connectivity index (χ2v) is 4.14.